The molecule has 0 bridgehead atoms. The highest BCUT2D eigenvalue weighted by Crippen LogP contribution is 2.27. The fourth-order valence-electron chi connectivity index (χ4n) is 3.97. The zero-order chi connectivity index (χ0) is 23.8. The Kier molecular flexibility index (Phi) is 7.73. The average Bonchev–Trinajstić information content (AvgIpc) is 2.88. The molecular weight excluding hydrogens is 426 g/mol. The van der Waals surface area contributed by atoms with E-state index in [1.807, 2.05) is 30.3 Å². The number of hydrazone groups is 1. The molecule has 3 aromatic carbocycles. The van der Waals surface area contributed by atoms with E-state index in [1.165, 1.54) is 16.7 Å². The summed E-state index contributed by atoms with van der Waals surface area (Å²) in [5, 5.41) is 4.08. The number of nitrogens with zero attached hydrogens (tertiary/aromatic N) is 2. The van der Waals surface area contributed by atoms with Crippen molar-refractivity contribution in [3.8, 4) is 11.5 Å². The van der Waals surface area contributed by atoms with Crippen LogP contribution in [0.3, 0.4) is 0 Å². The van der Waals surface area contributed by atoms with Gasteiger partial charge in [0.2, 0.25) is 0 Å². The fraction of sp³-hybridized carbons (Fsp3) is 0.214. The van der Waals surface area contributed by atoms with Crippen molar-refractivity contribution in [1.29, 1.82) is 0 Å². The van der Waals surface area contributed by atoms with E-state index in [4.69, 9.17) is 9.47 Å². The van der Waals surface area contributed by atoms with Gasteiger partial charge in [-0.05, 0) is 59.0 Å². The van der Waals surface area contributed by atoms with E-state index in [2.05, 4.69) is 46.3 Å². The number of fused-ring (bicyclic) bond motifs is 1. The van der Waals surface area contributed by atoms with Crippen molar-refractivity contribution in [2.45, 2.75) is 19.5 Å². The Labute approximate surface area is 200 Å². The monoisotopic (exact) mass is 455 g/mol. The maximum absolute atomic E-state index is 12.5. The standard InChI is InChI=1S/C28H29N3O3/c1-3-16-34-26-13-10-22(17-27(26)33-2)18-29-30-28(32)24-11-8-21(9-12-24)19-31-15-14-23-6-4-5-7-25(23)20-31/h3-13,17-18H,1,14-16,19-20H2,2H3,(H,30,32). The molecule has 3 aromatic rings. The second-order valence-corrected chi connectivity index (χ2v) is 8.14. The van der Waals surface area contributed by atoms with Gasteiger partial charge in [0.1, 0.15) is 6.61 Å². The lowest BCUT2D eigenvalue weighted by Gasteiger charge is -2.28. The molecule has 0 atom stereocenters. The van der Waals surface area contributed by atoms with Crippen molar-refractivity contribution < 1.29 is 14.3 Å². The molecule has 34 heavy (non-hydrogen) atoms. The van der Waals surface area contributed by atoms with Gasteiger partial charge >= 0.3 is 0 Å². The molecule has 4 rings (SSSR count). The molecule has 6 nitrogen and oxygen atoms in total. The molecule has 174 valence electrons. The summed E-state index contributed by atoms with van der Waals surface area (Å²) in [6.45, 7) is 6.90. The van der Waals surface area contributed by atoms with E-state index in [0.717, 1.165) is 31.6 Å². The zero-order valence-electron chi connectivity index (χ0n) is 19.4. The van der Waals surface area contributed by atoms with Crippen LogP contribution in [-0.2, 0) is 19.5 Å². The lowest BCUT2D eigenvalue weighted by Crippen LogP contribution is -2.30. The Morgan fingerprint density at radius 2 is 1.88 bits per heavy atom. The van der Waals surface area contributed by atoms with Crippen LogP contribution in [0.25, 0.3) is 0 Å². The van der Waals surface area contributed by atoms with Crippen LogP contribution in [0.2, 0.25) is 0 Å². The zero-order valence-corrected chi connectivity index (χ0v) is 19.4. The number of hydrogen-bond acceptors (Lipinski definition) is 5. The van der Waals surface area contributed by atoms with E-state index < -0.39 is 0 Å². The summed E-state index contributed by atoms with van der Waals surface area (Å²) < 4.78 is 10.9. The molecule has 6 heteroatoms. The minimum absolute atomic E-state index is 0.257. The van der Waals surface area contributed by atoms with Crippen LogP contribution in [0, 0.1) is 0 Å². The highest BCUT2D eigenvalue weighted by molar-refractivity contribution is 5.95. The normalized spacial score (nSPS) is 13.3. The third-order valence-corrected chi connectivity index (χ3v) is 5.76. The van der Waals surface area contributed by atoms with Gasteiger partial charge in [-0.2, -0.15) is 5.10 Å². The van der Waals surface area contributed by atoms with E-state index in [-0.39, 0.29) is 5.91 Å². The number of rotatable bonds is 9. The molecule has 1 N–H and O–H groups in total. The molecule has 0 unspecified atom stereocenters. The first-order valence-electron chi connectivity index (χ1n) is 11.3. The molecule has 0 fully saturated rings. The maximum atomic E-state index is 12.5. The number of carbonyl (C=O) groups excluding carboxylic acids is 1. The van der Waals surface area contributed by atoms with Crippen LogP contribution in [0.4, 0.5) is 0 Å². The number of carbonyl (C=O) groups is 1. The van der Waals surface area contributed by atoms with Crippen LogP contribution in [-0.4, -0.2) is 37.3 Å². The van der Waals surface area contributed by atoms with Crippen molar-refractivity contribution in [1.82, 2.24) is 10.3 Å². The van der Waals surface area contributed by atoms with Crippen molar-refractivity contribution in [2.75, 3.05) is 20.3 Å². The van der Waals surface area contributed by atoms with Crippen LogP contribution in [0.1, 0.15) is 32.6 Å². The van der Waals surface area contributed by atoms with Gasteiger partial charge < -0.3 is 9.47 Å². The Morgan fingerprint density at radius 3 is 2.65 bits per heavy atom. The number of hydrogen-bond donors (Lipinski definition) is 1. The molecule has 1 heterocycles. The molecule has 0 aliphatic carbocycles. The summed E-state index contributed by atoms with van der Waals surface area (Å²) in [5.41, 5.74) is 7.96. The lowest BCUT2D eigenvalue weighted by molar-refractivity contribution is 0.0955. The van der Waals surface area contributed by atoms with E-state index in [9.17, 15) is 4.79 Å². The predicted octanol–water partition coefficient (Wildman–Crippen LogP) is 4.58. The molecule has 1 amide bonds. The molecule has 0 aromatic heterocycles. The van der Waals surface area contributed by atoms with Gasteiger partial charge in [-0.25, -0.2) is 5.43 Å². The number of ether oxygens (including phenoxy) is 2. The van der Waals surface area contributed by atoms with Gasteiger partial charge in [0.05, 0.1) is 13.3 Å². The smallest absolute Gasteiger partial charge is 0.271 e. The predicted molar refractivity (Wildman–Crippen MR) is 134 cm³/mol. The van der Waals surface area contributed by atoms with Crippen molar-refractivity contribution in [3.05, 3.63) is 107 Å². The number of benzene rings is 3. The summed E-state index contributed by atoms with van der Waals surface area (Å²) in [6.07, 6.45) is 4.31. The average molecular weight is 456 g/mol. The van der Waals surface area contributed by atoms with Crippen LogP contribution >= 0.6 is 0 Å². The summed E-state index contributed by atoms with van der Waals surface area (Å²) in [5.74, 6) is 0.954. The number of amides is 1. The second-order valence-electron chi connectivity index (χ2n) is 8.14. The third-order valence-electron chi connectivity index (χ3n) is 5.76. The maximum Gasteiger partial charge on any atom is 0.271 e. The first-order valence-corrected chi connectivity index (χ1v) is 11.3. The summed E-state index contributed by atoms with van der Waals surface area (Å²) in [4.78, 5) is 14.9. The Bertz CT molecular complexity index is 1170. The highest BCUT2D eigenvalue weighted by Gasteiger charge is 2.16. The second kappa shape index (κ2) is 11.3. The topological polar surface area (TPSA) is 63.2 Å². The number of nitrogens with one attached hydrogen (secondary N) is 1. The molecule has 0 spiro atoms. The van der Waals surface area contributed by atoms with Crippen molar-refractivity contribution in [2.24, 2.45) is 5.10 Å². The van der Waals surface area contributed by atoms with Crippen LogP contribution < -0.4 is 14.9 Å². The van der Waals surface area contributed by atoms with Gasteiger partial charge in [0, 0.05) is 25.2 Å². The fourth-order valence-corrected chi connectivity index (χ4v) is 3.97. The first kappa shape index (κ1) is 23.3. The summed E-state index contributed by atoms with van der Waals surface area (Å²) in [6, 6.07) is 21.7. The summed E-state index contributed by atoms with van der Waals surface area (Å²) in [7, 11) is 1.58. The molecular formula is C28H29N3O3. The SMILES string of the molecule is C=CCOc1ccc(C=NNC(=O)c2ccc(CN3CCc4ccccc4C3)cc2)cc1OC. The van der Waals surface area contributed by atoms with E-state index in [0.29, 0.717) is 23.7 Å². The van der Waals surface area contributed by atoms with Gasteiger partial charge in [-0.3, -0.25) is 9.69 Å². The molecule has 1 aliphatic heterocycles. The summed E-state index contributed by atoms with van der Waals surface area (Å²) >= 11 is 0. The van der Waals surface area contributed by atoms with E-state index in [1.54, 1.807) is 31.5 Å². The minimum Gasteiger partial charge on any atom is -0.493 e. The van der Waals surface area contributed by atoms with Crippen LogP contribution in [0.5, 0.6) is 11.5 Å². The Balaban J connectivity index is 1.31. The van der Waals surface area contributed by atoms with E-state index >= 15 is 0 Å². The largest absolute Gasteiger partial charge is 0.493 e. The van der Waals surface area contributed by atoms with Gasteiger partial charge in [0.25, 0.3) is 5.91 Å². The highest BCUT2D eigenvalue weighted by atomic mass is 16.5. The Hall–Kier alpha value is -3.90. The van der Waals surface area contributed by atoms with Crippen molar-refractivity contribution >= 4 is 12.1 Å². The van der Waals surface area contributed by atoms with Crippen molar-refractivity contribution in [3.63, 3.8) is 0 Å². The molecule has 0 radical (unpaired) electrons. The van der Waals surface area contributed by atoms with Gasteiger partial charge in [-0.15, -0.1) is 0 Å². The Morgan fingerprint density at radius 1 is 1.09 bits per heavy atom. The van der Waals surface area contributed by atoms with Gasteiger partial charge in [0.15, 0.2) is 11.5 Å². The van der Waals surface area contributed by atoms with Gasteiger partial charge in [-0.1, -0.05) is 49.1 Å². The molecule has 0 saturated carbocycles. The third kappa shape index (κ3) is 5.91. The first-order chi connectivity index (χ1) is 16.7. The molecule has 0 saturated heterocycles. The number of methoxy groups -OCH3 is 1. The van der Waals surface area contributed by atoms with Crippen LogP contribution in [0.15, 0.2) is 84.5 Å². The quantitative estimate of drug-likeness (QED) is 0.291. The minimum atomic E-state index is -0.257. The lowest BCUT2D eigenvalue weighted by atomic mass is 9.99. The molecule has 1 aliphatic rings.